The largest absolute Gasteiger partial charge is 0.334 e. The van der Waals surface area contributed by atoms with E-state index in [0.717, 1.165) is 0 Å². The van der Waals surface area contributed by atoms with Crippen LogP contribution in [0.2, 0.25) is 0 Å². The number of amides is 3. The number of anilines is 1. The summed E-state index contributed by atoms with van der Waals surface area (Å²) in [6.07, 6.45) is 0.236. The molecule has 1 fully saturated rings. The molecular formula is C19H15FN4O3. The minimum Gasteiger partial charge on any atom is -0.334 e. The monoisotopic (exact) mass is 366 g/mol. The van der Waals surface area contributed by atoms with E-state index >= 15 is 0 Å². The molecule has 1 aromatic heterocycles. The molecule has 2 aromatic carbocycles. The first-order chi connectivity index (χ1) is 13.0. The molecule has 0 aliphatic carbocycles. The number of aromatic nitrogens is 2. The molecule has 1 aliphatic heterocycles. The zero-order valence-corrected chi connectivity index (χ0v) is 14.4. The van der Waals surface area contributed by atoms with Crippen LogP contribution in [0.1, 0.15) is 12.0 Å². The van der Waals surface area contributed by atoms with Gasteiger partial charge in [0.05, 0.1) is 0 Å². The Hall–Kier alpha value is -3.55. The van der Waals surface area contributed by atoms with Gasteiger partial charge in [0.1, 0.15) is 5.82 Å². The van der Waals surface area contributed by atoms with E-state index < -0.39 is 6.03 Å². The van der Waals surface area contributed by atoms with E-state index in [2.05, 4.69) is 15.5 Å². The van der Waals surface area contributed by atoms with Crippen molar-refractivity contribution in [1.29, 1.82) is 0 Å². The van der Waals surface area contributed by atoms with Crippen molar-refractivity contribution in [2.24, 2.45) is 0 Å². The predicted molar refractivity (Wildman–Crippen MR) is 95.4 cm³/mol. The molecule has 1 saturated heterocycles. The number of rotatable bonds is 3. The predicted octanol–water partition coefficient (Wildman–Crippen LogP) is 3.30. The first-order valence-corrected chi connectivity index (χ1v) is 8.33. The summed E-state index contributed by atoms with van der Waals surface area (Å²) in [4.78, 5) is 29.1. The maximum absolute atomic E-state index is 13.8. The van der Waals surface area contributed by atoms with Crippen molar-refractivity contribution in [3.63, 3.8) is 0 Å². The molecule has 0 saturated carbocycles. The van der Waals surface area contributed by atoms with E-state index in [1.54, 1.807) is 43.3 Å². The molecule has 1 aliphatic rings. The molecule has 0 bridgehead atoms. The molecule has 8 heteroatoms. The van der Waals surface area contributed by atoms with E-state index in [4.69, 9.17) is 4.52 Å². The smallest absolute Gasteiger partial charge is 0.328 e. The van der Waals surface area contributed by atoms with Crippen LogP contribution < -0.4 is 10.2 Å². The molecule has 27 heavy (non-hydrogen) atoms. The number of hydrogen-bond donors (Lipinski definition) is 1. The summed E-state index contributed by atoms with van der Waals surface area (Å²) >= 11 is 0. The third-order valence-electron chi connectivity index (χ3n) is 4.31. The van der Waals surface area contributed by atoms with E-state index in [1.807, 2.05) is 0 Å². The zero-order valence-electron chi connectivity index (χ0n) is 14.4. The fraction of sp³-hybridized carbons (Fsp3) is 0.158. The maximum atomic E-state index is 13.8. The third-order valence-corrected chi connectivity index (χ3v) is 4.31. The number of benzene rings is 2. The van der Waals surface area contributed by atoms with E-state index in [1.165, 1.54) is 11.0 Å². The molecule has 0 radical (unpaired) electrons. The highest BCUT2D eigenvalue weighted by atomic mass is 19.1. The summed E-state index contributed by atoms with van der Waals surface area (Å²) in [5, 5.41) is 6.19. The van der Waals surface area contributed by atoms with Crippen LogP contribution in [0.15, 0.2) is 47.0 Å². The summed E-state index contributed by atoms with van der Waals surface area (Å²) in [6.45, 7) is 1.97. The molecule has 0 spiro atoms. The number of carbonyl (C=O) groups is 2. The SMILES string of the molecule is Cc1ccc(-c2noc(-c3cccc(N4CCC(=O)NC4=O)c3)n2)cc1F. The Morgan fingerprint density at radius 1 is 1.15 bits per heavy atom. The average Bonchev–Trinajstić information content (AvgIpc) is 3.14. The van der Waals surface area contributed by atoms with Crippen LogP contribution in [0.25, 0.3) is 22.8 Å². The van der Waals surface area contributed by atoms with Gasteiger partial charge in [-0.2, -0.15) is 4.98 Å². The number of imide groups is 1. The standard InChI is InChI=1S/C19H15FN4O3/c1-11-5-6-12(10-15(11)20)17-22-18(27-23-17)13-3-2-4-14(9-13)24-8-7-16(25)21-19(24)26/h2-6,9-10H,7-8H2,1H3,(H,21,25,26). The molecule has 3 amide bonds. The molecule has 3 aromatic rings. The first kappa shape index (κ1) is 16.9. The van der Waals surface area contributed by atoms with Gasteiger partial charge in [-0.3, -0.25) is 15.0 Å². The Labute approximate surface area is 153 Å². The highest BCUT2D eigenvalue weighted by molar-refractivity contribution is 6.05. The summed E-state index contributed by atoms with van der Waals surface area (Å²) in [5.41, 5.74) is 2.27. The second-order valence-corrected chi connectivity index (χ2v) is 6.19. The van der Waals surface area contributed by atoms with Crippen LogP contribution in [-0.4, -0.2) is 28.6 Å². The molecule has 1 N–H and O–H groups in total. The number of carbonyl (C=O) groups excluding carboxylic acids is 2. The van der Waals surface area contributed by atoms with Gasteiger partial charge < -0.3 is 4.52 Å². The van der Waals surface area contributed by atoms with Gasteiger partial charge >= 0.3 is 6.03 Å². The molecule has 4 rings (SSSR count). The van der Waals surface area contributed by atoms with Crippen molar-refractivity contribution in [2.75, 3.05) is 11.4 Å². The first-order valence-electron chi connectivity index (χ1n) is 8.33. The quantitative estimate of drug-likeness (QED) is 0.768. The van der Waals surface area contributed by atoms with E-state index in [9.17, 15) is 14.0 Å². The Morgan fingerprint density at radius 2 is 2.00 bits per heavy atom. The van der Waals surface area contributed by atoms with Gasteiger partial charge in [-0.25, -0.2) is 9.18 Å². The van der Waals surface area contributed by atoms with Gasteiger partial charge in [-0.15, -0.1) is 0 Å². The molecule has 136 valence electrons. The molecule has 7 nitrogen and oxygen atoms in total. The zero-order chi connectivity index (χ0) is 19.0. The van der Waals surface area contributed by atoms with Crippen molar-refractivity contribution in [1.82, 2.24) is 15.5 Å². The fourth-order valence-electron chi connectivity index (χ4n) is 2.81. The number of urea groups is 1. The van der Waals surface area contributed by atoms with Crippen LogP contribution in [0.5, 0.6) is 0 Å². The van der Waals surface area contributed by atoms with Gasteiger partial charge in [0.2, 0.25) is 11.7 Å². The Bertz CT molecular complexity index is 1050. The fourth-order valence-corrected chi connectivity index (χ4v) is 2.81. The number of nitrogens with zero attached hydrogens (tertiary/aromatic N) is 3. The normalized spacial score (nSPS) is 14.4. The van der Waals surface area contributed by atoms with Gasteiger partial charge in [-0.05, 0) is 36.8 Å². The second-order valence-electron chi connectivity index (χ2n) is 6.19. The average molecular weight is 366 g/mol. The van der Waals surface area contributed by atoms with Crippen LogP contribution >= 0.6 is 0 Å². The topological polar surface area (TPSA) is 88.3 Å². The summed E-state index contributed by atoms with van der Waals surface area (Å²) in [7, 11) is 0. The number of aryl methyl sites for hydroxylation is 1. The number of nitrogens with one attached hydrogen (secondary N) is 1. The Kier molecular flexibility index (Phi) is 4.15. The van der Waals surface area contributed by atoms with Crippen molar-refractivity contribution >= 4 is 17.6 Å². The summed E-state index contributed by atoms with van der Waals surface area (Å²) in [6, 6.07) is 11.3. The van der Waals surface area contributed by atoms with Crippen molar-refractivity contribution < 1.29 is 18.5 Å². The van der Waals surface area contributed by atoms with Crippen molar-refractivity contribution in [2.45, 2.75) is 13.3 Å². The summed E-state index contributed by atoms with van der Waals surface area (Å²) in [5.74, 6) is -0.109. The van der Waals surface area contributed by atoms with Crippen molar-refractivity contribution in [3.8, 4) is 22.8 Å². The van der Waals surface area contributed by atoms with Crippen molar-refractivity contribution in [3.05, 3.63) is 53.8 Å². The van der Waals surface area contributed by atoms with Gasteiger partial charge in [0.25, 0.3) is 5.89 Å². The highest BCUT2D eigenvalue weighted by Crippen LogP contribution is 2.27. The van der Waals surface area contributed by atoms with Crippen LogP contribution in [-0.2, 0) is 4.79 Å². The molecule has 2 heterocycles. The molecule has 0 unspecified atom stereocenters. The van der Waals surface area contributed by atoms with E-state index in [0.29, 0.717) is 28.9 Å². The van der Waals surface area contributed by atoms with Crippen LogP contribution in [0.3, 0.4) is 0 Å². The number of hydrogen-bond acceptors (Lipinski definition) is 5. The minimum atomic E-state index is -0.468. The Balaban J connectivity index is 1.63. The molecule has 0 atom stereocenters. The third kappa shape index (κ3) is 3.29. The van der Waals surface area contributed by atoms with Gasteiger partial charge in [0.15, 0.2) is 0 Å². The van der Waals surface area contributed by atoms with Gasteiger partial charge in [0, 0.05) is 29.8 Å². The lowest BCUT2D eigenvalue weighted by atomic mass is 10.1. The van der Waals surface area contributed by atoms with Crippen LogP contribution in [0.4, 0.5) is 14.9 Å². The number of halogens is 1. The lowest BCUT2D eigenvalue weighted by Crippen LogP contribution is -2.49. The highest BCUT2D eigenvalue weighted by Gasteiger charge is 2.24. The lowest BCUT2D eigenvalue weighted by Gasteiger charge is -2.26. The van der Waals surface area contributed by atoms with Gasteiger partial charge in [-0.1, -0.05) is 23.4 Å². The minimum absolute atomic E-state index is 0.236. The molecular weight excluding hydrogens is 351 g/mol. The lowest BCUT2D eigenvalue weighted by molar-refractivity contribution is -0.120. The van der Waals surface area contributed by atoms with E-state index in [-0.39, 0.29) is 29.9 Å². The Morgan fingerprint density at radius 3 is 2.78 bits per heavy atom. The maximum Gasteiger partial charge on any atom is 0.328 e. The second kappa shape index (κ2) is 6.64. The van der Waals surface area contributed by atoms with Crippen LogP contribution in [0, 0.1) is 12.7 Å². The summed E-state index contributed by atoms with van der Waals surface area (Å²) < 4.78 is 19.1.